The Morgan fingerprint density at radius 1 is 1.21 bits per heavy atom. The van der Waals surface area contributed by atoms with Gasteiger partial charge in [0.25, 0.3) is 5.91 Å². The molecule has 1 saturated heterocycles. The largest absolute Gasteiger partial charge is 0.339 e. The molecule has 2 aromatic rings. The Morgan fingerprint density at radius 2 is 1.97 bits per heavy atom. The molecule has 0 atom stereocenters. The van der Waals surface area contributed by atoms with Crippen molar-refractivity contribution in [1.82, 2.24) is 14.8 Å². The Morgan fingerprint density at radius 3 is 2.69 bits per heavy atom. The number of carbonyl (C=O) groups is 2. The minimum atomic E-state index is -0.867. The molecular weight excluding hydrogens is 398 g/mol. The van der Waals surface area contributed by atoms with E-state index in [-0.39, 0.29) is 17.4 Å². The van der Waals surface area contributed by atoms with Crippen molar-refractivity contribution in [3.63, 3.8) is 0 Å². The van der Waals surface area contributed by atoms with Gasteiger partial charge in [-0.3, -0.25) is 9.59 Å². The number of nitrogens with one attached hydrogen (secondary N) is 1. The minimum Gasteiger partial charge on any atom is -0.339 e. The molecule has 1 N–H and O–H groups in total. The van der Waals surface area contributed by atoms with E-state index in [1.165, 1.54) is 21.1 Å². The molecule has 9 heteroatoms. The lowest BCUT2D eigenvalue weighted by Gasteiger charge is -2.31. The van der Waals surface area contributed by atoms with Gasteiger partial charge < -0.3 is 15.1 Å². The van der Waals surface area contributed by atoms with E-state index in [2.05, 4.69) is 22.2 Å². The van der Waals surface area contributed by atoms with Crippen LogP contribution in [0.2, 0.25) is 0 Å². The molecule has 2 amide bonds. The summed E-state index contributed by atoms with van der Waals surface area (Å²) in [5, 5.41) is 3.55. The molecule has 29 heavy (non-hydrogen) atoms. The zero-order valence-electron chi connectivity index (χ0n) is 16.1. The highest BCUT2D eigenvalue weighted by Crippen LogP contribution is 2.29. The second-order valence-electron chi connectivity index (χ2n) is 7.56. The number of fused-ring (bicyclic) bond motifs is 1. The monoisotopic (exact) mass is 420 g/mol. The van der Waals surface area contributed by atoms with Gasteiger partial charge in [0.05, 0.1) is 11.3 Å². The second-order valence-corrected chi connectivity index (χ2v) is 8.64. The maximum atomic E-state index is 13.9. The van der Waals surface area contributed by atoms with Crippen LogP contribution in [0.25, 0.3) is 0 Å². The molecule has 1 aromatic heterocycles. The van der Waals surface area contributed by atoms with Gasteiger partial charge in [-0.1, -0.05) is 0 Å². The zero-order valence-corrected chi connectivity index (χ0v) is 16.9. The molecule has 1 aromatic carbocycles. The number of thiazole rings is 1. The number of hydrogen-bond donors (Lipinski definition) is 1. The molecule has 6 nitrogen and oxygen atoms in total. The number of hydrogen-bond acceptors (Lipinski definition) is 5. The molecule has 3 heterocycles. The van der Waals surface area contributed by atoms with Gasteiger partial charge >= 0.3 is 0 Å². The average molecular weight is 420 g/mol. The van der Waals surface area contributed by atoms with Crippen molar-refractivity contribution in [2.24, 2.45) is 5.92 Å². The van der Waals surface area contributed by atoms with E-state index in [4.69, 9.17) is 0 Å². The third-order valence-electron chi connectivity index (χ3n) is 5.47. The molecular formula is C20H22F2N4O2S. The van der Waals surface area contributed by atoms with E-state index in [9.17, 15) is 18.4 Å². The number of piperidine rings is 1. The highest BCUT2D eigenvalue weighted by molar-refractivity contribution is 7.15. The van der Waals surface area contributed by atoms with Crippen molar-refractivity contribution in [2.45, 2.75) is 25.8 Å². The van der Waals surface area contributed by atoms with Gasteiger partial charge in [-0.15, -0.1) is 11.3 Å². The van der Waals surface area contributed by atoms with Gasteiger partial charge in [0.2, 0.25) is 5.91 Å². The minimum absolute atomic E-state index is 0.0930. The summed E-state index contributed by atoms with van der Waals surface area (Å²) in [6.07, 6.45) is 1.88. The van der Waals surface area contributed by atoms with Gasteiger partial charge in [0.15, 0.2) is 5.13 Å². The maximum absolute atomic E-state index is 13.9. The molecule has 0 saturated carbocycles. The van der Waals surface area contributed by atoms with Crippen LogP contribution in [0, 0.1) is 17.6 Å². The van der Waals surface area contributed by atoms with Crippen molar-refractivity contribution in [3.8, 4) is 0 Å². The Kier molecular flexibility index (Phi) is 5.60. The van der Waals surface area contributed by atoms with Gasteiger partial charge in [-0.2, -0.15) is 0 Å². The fourth-order valence-electron chi connectivity index (χ4n) is 3.76. The summed E-state index contributed by atoms with van der Waals surface area (Å²) in [6, 6.07) is 2.94. The molecule has 0 bridgehead atoms. The molecule has 2 aliphatic heterocycles. The first-order valence-electron chi connectivity index (χ1n) is 9.63. The fraction of sp³-hybridized carbons (Fsp3) is 0.450. The Hall–Kier alpha value is -2.39. The van der Waals surface area contributed by atoms with E-state index < -0.39 is 17.5 Å². The van der Waals surface area contributed by atoms with E-state index in [1.54, 1.807) is 0 Å². The number of anilines is 1. The van der Waals surface area contributed by atoms with E-state index in [1.807, 2.05) is 0 Å². The number of likely N-dealkylation sites (N-methyl/N-ethyl adjacent to an activating group) is 1. The van der Waals surface area contributed by atoms with Crippen LogP contribution in [0.1, 0.15) is 33.8 Å². The number of halogens is 2. The second kappa shape index (κ2) is 8.16. The zero-order chi connectivity index (χ0) is 20.5. The quantitative estimate of drug-likeness (QED) is 0.829. The summed E-state index contributed by atoms with van der Waals surface area (Å²) < 4.78 is 26.9. The fourth-order valence-corrected chi connectivity index (χ4v) is 4.85. The number of nitrogens with zero attached hydrogens (tertiary/aromatic N) is 3. The topological polar surface area (TPSA) is 65.5 Å². The molecule has 2 aliphatic rings. The van der Waals surface area contributed by atoms with Gasteiger partial charge in [0.1, 0.15) is 11.6 Å². The van der Waals surface area contributed by atoms with Crippen LogP contribution in [0.15, 0.2) is 18.2 Å². The first-order chi connectivity index (χ1) is 13.9. The first-order valence-corrected chi connectivity index (χ1v) is 10.4. The molecule has 0 radical (unpaired) electrons. The van der Waals surface area contributed by atoms with Gasteiger partial charge in [-0.25, -0.2) is 13.8 Å². The van der Waals surface area contributed by atoms with Crippen LogP contribution in [0.4, 0.5) is 13.9 Å². The highest BCUT2D eigenvalue weighted by Gasteiger charge is 2.30. The molecule has 0 unspecified atom stereocenters. The van der Waals surface area contributed by atoms with Crippen LogP contribution in [0.3, 0.4) is 0 Å². The first kappa shape index (κ1) is 19.9. The Labute approximate surface area is 171 Å². The lowest BCUT2D eigenvalue weighted by Crippen LogP contribution is -2.41. The number of rotatable bonds is 3. The number of likely N-dealkylation sites (tertiary alicyclic amines) is 1. The summed E-state index contributed by atoms with van der Waals surface area (Å²) >= 11 is 1.52. The normalized spacial score (nSPS) is 17.8. The lowest BCUT2D eigenvalue weighted by molar-refractivity contribution is -0.121. The van der Waals surface area contributed by atoms with E-state index in [0.29, 0.717) is 37.1 Å². The highest BCUT2D eigenvalue weighted by atomic mass is 32.1. The number of amides is 2. The molecule has 0 aliphatic carbocycles. The van der Waals surface area contributed by atoms with Crippen LogP contribution < -0.4 is 5.32 Å². The van der Waals surface area contributed by atoms with Crippen molar-refractivity contribution in [2.75, 3.05) is 32.0 Å². The maximum Gasteiger partial charge on any atom is 0.256 e. The van der Waals surface area contributed by atoms with Gasteiger partial charge in [-0.05, 0) is 32.0 Å². The smallest absolute Gasteiger partial charge is 0.256 e. The van der Waals surface area contributed by atoms with Crippen LogP contribution in [0.5, 0.6) is 0 Å². The molecule has 0 spiro atoms. The van der Waals surface area contributed by atoms with Crippen LogP contribution >= 0.6 is 11.3 Å². The summed E-state index contributed by atoms with van der Waals surface area (Å²) in [4.78, 5) is 34.6. The standard InChI is InChI=1S/C20H22F2N4O2S/c1-25-7-6-16-17(11-25)29-20(23-16)24-18(27)12-4-8-26(9-5-12)19(28)14-3-2-13(21)10-15(14)22/h2-3,10,12H,4-9,11H2,1H3,(H,23,24,27). The average Bonchev–Trinajstić information content (AvgIpc) is 3.09. The van der Waals surface area contributed by atoms with Crippen LogP contribution in [-0.2, 0) is 17.8 Å². The summed E-state index contributed by atoms with van der Waals surface area (Å²) in [5.41, 5.74) is 0.915. The predicted molar refractivity (Wildman–Crippen MR) is 106 cm³/mol. The number of benzene rings is 1. The van der Waals surface area contributed by atoms with Crippen molar-refractivity contribution < 1.29 is 18.4 Å². The SMILES string of the molecule is CN1CCc2nc(NC(=O)C3CCN(C(=O)c4ccc(F)cc4F)CC3)sc2C1. The predicted octanol–water partition coefficient (Wildman–Crippen LogP) is 2.90. The van der Waals surface area contributed by atoms with Crippen molar-refractivity contribution in [1.29, 1.82) is 0 Å². The van der Waals surface area contributed by atoms with Crippen molar-refractivity contribution >= 4 is 28.3 Å². The van der Waals surface area contributed by atoms with Crippen molar-refractivity contribution in [3.05, 3.63) is 46.0 Å². The number of aromatic nitrogens is 1. The lowest BCUT2D eigenvalue weighted by atomic mass is 9.95. The van der Waals surface area contributed by atoms with Crippen LogP contribution in [-0.4, -0.2) is 53.3 Å². The summed E-state index contributed by atoms with van der Waals surface area (Å²) in [7, 11) is 2.06. The van der Waals surface area contributed by atoms with E-state index >= 15 is 0 Å². The Bertz CT molecular complexity index is 941. The van der Waals surface area contributed by atoms with E-state index in [0.717, 1.165) is 37.3 Å². The summed E-state index contributed by atoms with van der Waals surface area (Å²) in [6.45, 7) is 2.52. The summed E-state index contributed by atoms with van der Waals surface area (Å²) in [5.74, 6) is -2.37. The molecule has 1 fully saturated rings. The third kappa shape index (κ3) is 4.30. The number of carbonyl (C=O) groups excluding carboxylic acids is 2. The third-order valence-corrected chi connectivity index (χ3v) is 6.46. The molecule has 154 valence electrons. The molecule has 4 rings (SSSR count). The Balaban J connectivity index is 1.33. The van der Waals surface area contributed by atoms with Gasteiger partial charge in [0, 0.05) is 49.5 Å².